The average Bonchev–Trinajstić information content (AvgIpc) is 2.04. The van der Waals surface area contributed by atoms with Crippen LogP contribution in [-0.4, -0.2) is 5.88 Å². The molecule has 0 aliphatic carbocycles. The summed E-state index contributed by atoms with van der Waals surface area (Å²) in [5, 5.41) is 0. The van der Waals surface area contributed by atoms with E-state index in [0.29, 0.717) is 5.88 Å². The van der Waals surface area contributed by atoms with Crippen molar-refractivity contribution in [2.45, 2.75) is 0 Å². The number of alkyl halides is 1. The fraction of sp³-hybridized carbons (Fsp3) is 0.111. The molecule has 11 heavy (non-hydrogen) atoms. The van der Waals surface area contributed by atoms with Crippen LogP contribution in [0.25, 0.3) is 6.08 Å². The molecular weight excluding hydrogens is 270 g/mol. The molecule has 0 aliphatic rings. The van der Waals surface area contributed by atoms with Crippen LogP contribution in [0.1, 0.15) is 5.56 Å². The molecule has 0 aliphatic heterocycles. The van der Waals surface area contributed by atoms with Crippen molar-refractivity contribution in [3.63, 3.8) is 0 Å². The van der Waals surface area contributed by atoms with Crippen LogP contribution < -0.4 is 0 Å². The van der Waals surface area contributed by atoms with Crippen LogP contribution in [-0.2, 0) is 0 Å². The van der Waals surface area contributed by atoms with Crippen molar-refractivity contribution in [3.8, 4) is 0 Å². The van der Waals surface area contributed by atoms with Gasteiger partial charge in [0.05, 0.1) is 0 Å². The van der Waals surface area contributed by atoms with Crippen LogP contribution in [0.3, 0.4) is 0 Å². The summed E-state index contributed by atoms with van der Waals surface area (Å²) in [6.45, 7) is 0. The summed E-state index contributed by atoms with van der Waals surface area (Å²) < 4.78 is 1.26. The summed E-state index contributed by atoms with van der Waals surface area (Å²) in [6.07, 6.45) is 3.95. The minimum absolute atomic E-state index is 0.575. The fourth-order valence-corrected chi connectivity index (χ4v) is 1.20. The predicted molar refractivity (Wildman–Crippen MR) is 58.9 cm³/mol. The van der Waals surface area contributed by atoms with Crippen molar-refractivity contribution in [2.24, 2.45) is 0 Å². The Hall–Kier alpha value is -0.0200. The minimum atomic E-state index is 0.575. The maximum atomic E-state index is 5.49. The number of allylic oxidation sites excluding steroid dienone is 1. The third-order valence-electron chi connectivity index (χ3n) is 1.27. The Balaban J connectivity index is 2.73. The Morgan fingerprint density at radius 2 is 1.91 bits per heavy atom. The molecule has 1 rings (SSSR count). The van der Waals surface area contributed by atoms with E-state index < -0.39 is 0 Å². The Labute approximate surface area is 85.4 Å². The third kappa shape index (κ3) is 3.25. The largest absolute Gasteiger partial charge is 0.122 e. The standard InChI is InChI=1S/C9H8ClI/c10-7-1-2-8-3-5-9(11)6-4-8/h1-6H,7H2. The summed E-state index contributed by atoms with van der Waals surface area (Å²) in [7, 11) is 0. The average molecular weight is 279 g/mol. The molecule has 0 saturated heterocycles. The summed E-state index contributed by atoms with van der Waals surface area (Å²) in [5.74, 6) is 0.575. The number of benzene rings is 1. The Morgan fingerprint density at radius 1 is 1.27 bits per heavy atom. The number of hydrogen-bond donors (Lipinski definition) is 0. The van der Waals surface area contributed by atoms with Gasteiger partial charge in [0.15, 0.2) is 0 Å². The van der Waals surface area contributed by atoms with Gasteiger partial charge in [0, 0.05) is 9.45 Å². The van der Waals surface area contributed by atoms with E-state index in [9.17, 15) is 0 Å². The SMILES string of the molecule is ClCC=Cc1ccc(I)cc1. The highest BCUT2D eigenvalue weighted by Crippen LogP contribution is 2.07. The quantitative estimate of drug-likeness (QED) is 0.573. The predicted octanol–water partition coefficient (Wildman–Crippen LogP) is 3.54. The maximum absolute atomic E-state index is 5.49. The van der Waals surface area contributed by atoms with Gasteiger partial charge in [-0.05, 0) is 40.3 Å². The van der Waals surface area contributed by atoms with Gasteiger partial charge in [-0.2, -0.15) is 0 Å². The minimum Gasteiger partial charge on any atom is -0.122 e. The van der Waals surface area contributed by atoms with Gasteiger partial charge in [-0.3, -0.25) is 0 Å². The van der Waals surface area contributed by atoms with Crippen molar-refractivity contribution in [1.82, 2.24) is 0 Å². The Kier molecular flexibility index (Phi) is 3.94. The topological polar surface area (TPSA) is 0 Å². The highest BCUT2D eigenvalue weighted by atomic mass is 127. The second-order valence-electron chi connectivity index (χ2n) is 2.11. The molecule has 0 radical (unpaired) electrons. The van der Waals surface area contributed by atoms with E-state index in [2.05, 4.69) is 46.9 Å². The van der Waals surface area contributed by atoms with Crippen LogP contribution in [0.5, 0.6) is 0 Å². The third-order valence-corrected chi connectivity index (χ3v) is 2.17. The second kappa shape index (κ2) is 4.78. The van der Waals surface area contributed by atoms with E-state index in [-0.39, 0.29) is 0 Å². The highest BCUT2D eigenvalue weighted by molar-refractivity contribution is 14.1. The smallest absolute Gasteiger partial charge is 0.0407 e. The lowest BCUT2D eigenvalue weighted by molar-refractivity contribution is 1.60. The van der Waals surface area contributed by atoms with E-state index in [1.807, 2.05) is 12.2 Å². The van der Waals surface area contributed by atoms with Crippen LogP contribution in [0, 0.1) is 3.57 Å². The Bertz CT molecular complexity index is 238. The van der Waals surface area contributed by atoms with Gasteiger partial charge in [0.25, 0.3) is 0 Å². The number of hydrogen-bond acceptors (Lipinski definition) is 0. The fourth-order valence-electron chi connectivity index (χ4n) is 0.755. The molecule has 58 valence electrons. The zero-order valence-corrected chi connectivity index (χ0v) is 8.84. The molecule has 0 saturated carbocycles. The maximum Gasteiger partial charge on any atom is 0.0407 e. The van der Waals surface area contributed by atoms with Gasteiger partial charge in [0.1, 0.15) is 0 Å². The van der Waals surface area contributed by atoms with Crippen LogP contribution in [0.4, 0.5) is 0 Å². The van der Waals surface area contributed by atoms with E-state index in [4.69, 9.17) is 11.6 Å². The zero-order valence-electron chi connectivity index (χ0n) is 5.93. The molecule has 1 aromatic carbocycles. The molecule has 1 aromatic rings. The van der Waals surface area contributed by atoms with Gasteiger partial charge in [0.2, 0.25) is 0 Å². The summed E-state index contributed by atoms with van der Waals surface area (Å²) in [6, 6.07) is 8.30. The monoisotopic (exact) mass is 278 g/mol. The van der Waals surface area contributed by atoms with Gasteiger partial charge >= 0.3 is 0 Å². The molecule has 0 heterocycles. The van der Waals surface area contributed by atoms with Crippen molar-refractivity contribution >= 4 is 40.3 Å². The normalized spacial score (nSPS) is 10.7. The number of rotatable bonds is 2. The summed E-state index contributed by atoms with van der Waals surface area (Å²) >= 11 is 7.78. The van der Waals surface area contributed by atoms with Crippen LogP contribution in [0.2, 0.25) is 0 Å². The molecule has 0 aromatic heterocycles. The van der Waals surface area contributed by atoms with Crippen LogP contribution in [0.15, 0.2) is 30.3 Å². The molecule has 0 unspecified atom stereocenters. The van der Waals surface area contributed by atoms with Gasteiger partial charge in [-0.1, -0.05) is 24.3 Å². The first-order valence-electron chi connectivity index (χ1n) is 3.31. The lowest BCUT2D eigenvalue weighted by Gasteiger charge is -1.91. The van der Waals surface area contributed by atoms with Crippen LogP contribution >= 0.6 is 34.2 Å². The lowest BCUT2D eigenvalue weighted by Crippen LogP contribution is -1.72. The van der Waals surface area contributed by atoms with E-state index in [1.165, 1.54) is 9.13 Å². The van der Waals surface area contributed by atoms with Gasteiger partial charge in [-0.25, -0.2) is 0 Å². The van der Waals surface area contributed by atoms with E-state index >= 15 is 0 Å². The van der Waals surface area contributed by atoms with Gasteiger partial charge in [-0.15, -0.1) is 11.6 Å². The molecule has 2 heteroatoms. The zero-order chi connectivity index (χ0) is 8.10. The lowest BCUT2D eigenvalue weighted by atomic mass is 10.2. The summed E-state index contributed by atoms with van der Waals surface area (Å²) in [4.78, 5) is 0. The molecule has 0 atom stereocenters. The van der Waals surface area contributed by atoms with Crippen molar-refractivity contribution in [1.29, 1.82) is 0 Å². The highest BCUT2D eigenvalue weighted by Gasteiger charge is 1.85. The summed E-state index contributed by atoms with van der Waals surface area (Å²) in [5.41, 5.74) is 1.20. The molecule has 0 fully saturated rings. The molecule has 0 N–H and O–H groups in total. The number of halogens is 2. The van der Waals surface area contributed by atoms with Crippen molar-refractivity contribution in [3.05, 3.63) is 39.5 Å². The first kappa shape index (κ1) is 9.07. The first-order valence-corrected chi connectivity index (χ1v) is 4.92. The van der Waals surface area contributed by atoms with E-state index in [0.717, 1.165) is 0 Å². The van der Waals surface area contributed by atoms with E-state index in [1.54, 1.807) is 0 Å². The molecule has 0 amide bonds. The first-order chi connectivity index (χ1) is 5.33. The van der Waals surface area contributed by atoms with Gasteiger partial charge < -0.3 is 0 Å². The molecule has 0 spiro atoms. The Morgan fingerprint density at radius 3 is 2.45 bits per heavy atom. The molecule has 0 bridgehead atoms. The molecular formula is C9H8ClI. The molecule has 0 nitrogen and oxygen atoms in total. The van der Waals surface area contributed by atoms with Crippen molar-refractivity contribution < 1.29 is 0 Å². The van der Waals surface area contributed by atoms with Crippen molar-refractivity contribution in [2.75, 3.05) is 5.88 Å². The second-order valence-corrected chi connectivity index (χ2v) is 3.66.